The first-order chi connectivity index (χ1) is 13.8. The van der Waals surface area contributed by atoms with Crippen LogP contribution in [0.3, 0.4) is 0 Å². The van der Waals surface area contributed by atoms with Gasteiger partial charge in [0.1, 0.15) is 16.7 Å². The van der Waals surface area contributed by atoms with Crippen molar-refractivity contribution in [1.82, 2.24) is 20.3 Å². The van der Waals surface area contributed by atoms with Crippen molar-refractivity contribution in [3.8, 4) is 5.75 Å². The number of benzene rings is 1. The number of alkyl carbamates (subject to hydrolysis) is 1. The van der Waals surface area contributed by atoms with Crippen molar-refractivity contribution in [3.05, 3.63) is 35.2 Å². The van der Waals surface area contributed by atoms with E-state index < -0.39 is 11.7 Å². The number of aromatic nitrogens is 3. The topological polar surface area (TPSA) is 117 Å². The Hall–Kier alpha value is -3.23. The van der Waals surface area contributed by atoms with Crippen molar-refractivity contribution in [1.29, 1.82) is 0 Å². The fraction of sp³-hybridized carbons (Fsp3) is 0.450. The predicted molar refractivity (Wildman–Crippen MR) is 107 cm³/mol. The average molecular weight is 399 g/mol. The second-order valence-electron chi connectivity index (χ2n) is 8.14. The smallest absolute Gasteiger partial charge is 0.407 e. The number of hydrogen-bond acceptors (Lipinski definition) is 7. The van der Waals surface area contributed by atoms with E-state index in [9.17, 15) is 4.79 Å². The number of nitrogen functional groups attached to an aromatic ring is 1. The van der Waals surface area contributed by atoms with Gasteiger partial charge in [0, 0.05) is 23.9 Å². The van der Waals surface area contributed by atoms with Crippen molar-refractivity contribution < 1.29 is 18.8 Å². The van der Waals surface area contributed by atoms with Gasteiger partial charge in [-0.3, -0.25) is 4.68 Å². The fourth-order valence-electron chi connectivity index (χ4n) is 3.43. The van der Waals surface area contributed by atoms with Crippen LogP contribution in [-0.2, 0) is 24.2 Å². The number of nitrogens with one attached hydrogen (secondary N) is 1. The fourth-order valence-corrected chi connectivity index (χ4v) is 3.43. The van der Waals surface area contributed by atoms with Crippen molar-refractivity contribution in [2.45, 2.75) is 52.3 Å². The number of ether oxygens (including phenoxy) is 2. The van der Waals surface area contributed by atoms with Crippen LogP contribution in [0.2, 0.25) is 0 Å². The Morgan fingerprint density at radius 1 is 1.41 bits per heavy atom. The summed E-state index contributed by atoms with van der Waals surface area (Å²) in [5, 5.41) is 11.8. The summed E-state index contributed by atoms with van der Waals surface area (Å²) in [5.74, 6) is 1.11. The molecule has 9 heteroatoms. The molecule has 9 nitrogen and oxygen atoms in total. The van der Waals surface area contributed by atoms with Crippen LogP contribution in [0.5, 0.6) is 5.75 Å². The third kappa shape index (κ3) is 4.13. The Morgan fingerprint density at radius 2 is 2.24 bits per heavy atom. The Labute approximate surface area is 168 Å². The molecule has 4 rings (SSSR count). The molecule has 154 valence electrons. The molecule has 0 aliphatic carbocycles. The zero-order chi connectivity index (χ0) is 20.6. The first-order valence-electron chi connectivity index (χ1n) is 9.61. The Morgan fingerprint density at radius 3 is 3.03 bits per heavy atom. The summed E-state index contributed by atoms with van der Waals surface area (Å²) >= 11 is 0. The molecule has 3 aromatic rings. The van der Waals surface area contributed by atoms with Crippen LogP contribution < -0.4 is 15.8 Å². The number of hydrogen-bond donors (Lipinski definition) is 2. The molecule has 0 fully saturated rings. The maximum atomic E-state index is 11.8. The monoisotopic (exact) mass is 399 g/mol. The third-order valence-electron chi connectivity index (χ3n) is 4.61. The van der Waals surface area contributed by atoms with E-state index in [4.69, 9.17) is 19.7 Å². The maximum absolute atomic E-state index is 11.8. The lowest BCUT2D eigenvalue weighted by Crippen LogP contribution is -2.32. The summed E-state index contributed by atoms with van der Waals surface area (Å²) in [6.45, 7) is 7.02. The summed E-state index contributed by atoms with van der Waals surface area (Å²) in [4.78, 5) is 11.8. The van der Waals surface area contributed by atoms with E-state index in [-0.39, 0.29) is 0 Å². The number of anilines is 1. The molecule has 0 radical (unpaired) electrons. The highest BCUT2D eigenvalue weighted by Gasteiger charge is 2.23. The number of nitrogens with zero attached hydrogens (tertiary/aromatic N) is 3. The molecule has 29 heavy (non-hydrogen) atoms. The Bertz CT molecular complexity index is 1050. The lowest BCUT2D eigenvalue weighted by atomic mass is 9.97. The van der Waals surface area contributed by atoms with Crippen molar-refractivity contribution in [2.24, 2.45) is 0 Å². The molecule has 0 unspecified atom stereocenters. The van der Waals surface area contributed by atoms with Gasteiger partial charge in [0.15, 0.2) is 11.4 Å². The summed E-state index contributed by atoms with van der Waals surface area (Å²) in [7, 11) is 0. The van der Waals surface area contributed by atoms with Crippen LogP contribution in [0, 0.1) is 0 Å². The molecule has 1 aromatic carbocycles. The molecule has 0 spiro atoms. The Balaban J connectivity index is 1.51. The maximum Gasteiger partial charge on any atom is 0.407 e. The number of nitrogens with two attached hydrogens (primary N) is 1. The van der Waals surface area contributed by atoms with E-state index in [2.05, 4.69) is 15.6 Å². The molecular weight excluding hydrogens is 374 g/mol. The van der Waals surface area contributed by atoms with E-state index in [1.807, 2.05) is 37.7 Å². The van der Waals surface area contributed by atoms with Gasteiger partial charge in [0.05, 0.1) is 19.3 Å². The minimum Gasteiger partial charge on any atom is -0.492 e. The zero-order valence-corrected chi connectivity index (χ0v) is 16.8. The van der Waals surface area contributed by atoms with Crippen molar-refractivity contribution in [3.63, 3.8) is 0 Å². The summed E-state index contributed by atoms with van der Waals surface area (Å²) in [6.07, 6.45) is 5.02. The van der Waals surface area contributed by atoms with Gasteiger partial charge < -0.3 is 25.0 Å². The standard InChI is InChI=1S/C20H25N5O4/c1-20(2,3)28-19(26)22-8-12-9-23-25(10-12)11-13-7-15-16(18(21)24-29-15)17-14(13)5-4-6-27-17/h7,9-10H,4-6,8,11H2,1-3H3,(H2,21,24)(H,22,26). The number of carbonyl (C=O) groups excluding carboxylic acids is 1. The molecule has 1 aliphatic heterocycles. The van der Waals surface area contributed by atoms with Crippen LogP contribution >= 0.6 is 0 Å². The van der Waals surface area contributed by atoms with Crippen LogP contribution in [-0.4, -0.2) is 33.2 Å². The summed E-state index contributed by atoms with van der Waals surface area (Å²) in [5.41, 5.74) is 9.08. The lowest BCUT2D eigenvalue weighted by Gasteiger charge is -2.21. The van der Waals surface area contributed by atoms with Crippen molar-refractivity contribution >= 4 is 22.9 Å². The molecule has 0 saturated heterocycles. The van der Waals surface area contributed by atoms with Crippen LogP contribution in [0.25, 0.3) is 11.0 Å². The molecule has 0 atom stereocenters. The second kappa shape index (κ2) is 7.31. The van der Waals surface area contributed by atoms with Crippen molar-refractivity contribution in [2.75, 3.05) is 12.3 Å². The molecular formula is C20H25N5O4. The minimum atomic E-state index is -0.530. The third-order valence-corrected chi connectivity index (χ3v) is 4.61. The number of carbonyl (C=O) groups is 1. The van der Waals surface area contributed by atoms with E-state index in [1.165, 1.54) is 0 Å². The predicted octanol–water partition coefficient (Wildman–Crippen LogP) is 3.00. The van der Waals surface area contributed by atoms with Gasteiger partial charge in [-0.1, -0.05) is 5.16 Å². The quantitative estimate of drug-likeness (QED) is 0.692. The first-order valence-corrected chi connectivity index (χ1v) is 9.61. The largest absolute Gasteiger partial charge is 0.492 e. The normalized spacial score (nSPS) is 13.8. The highest BCUT2D eigenvalue weighted by atomic mass is 16.6. The van der Waals surface area contributed by atoms with Crippen LogP contribution in [0.4, 0.5) is 10.6 Å². The number of rotatable bonds is 4. The van der Waals surface area contributed by atoms with Gasteiger partial charge in [-0.2, -0.15) is 5.10 Å². The van der Waals surface area contributed by atoms with E-state index in [0.29, 0.717) is 31.1 Å². The molecule has 3 heterocycles. The summed E-state index contributed by atoms with van der Waals surface area (Å²) < 4.78 is 18.3. The number of fused-ring (bicyclic) bond motifs is 3. The van der Waals surface area contributed by atoms with Gasteiger partial charge in [-0.25, -0.2) is 4.79 Å². The highest BCUT2D eigenvalue weighted by Crippen LogP contribution is 2.39. The molecule has 1 amide bonds. The van der Waals surface area contributed by atoms with E-state index in [1.54, 1.807) is 6.20 Å². The Kier molecular flexibility index (Phi) is 4.81. The molecule has 3 N–H and O–H groups in total. The first kappa shape index (κ1) is 19.1. The summed E-state index contributed by atoms with van der Waals surface area (Å²) in [6, 6.07) is 1.95. The minimum absolute atomic E-state index is 0.341. The molecule has 0 bridgehead atoms. The molecule has 0 saturated carbocycles. The van der Waals surface area contributed by atoms with Gasteiger partial charge in [-0.05, 0) is 45.2 Å². The van der Waals surface area contributed by atoms with Gasteiger partial charge in [0.2, 0.25) is 0 Å². The lowest BCUT2D eigenvalue weighted by molar-refractivity contribution is 0.0523. The van der Waals surface area contributed by atoms with Crippen LogP contribution in [0.1, 0.15) is 43.9 Å². The SMILES string of the molecule is CC(C)(C)OC(=O)NCc1cnn(Cc2cc3onc(N)c3c3c2CCCO3)c1. The molecule has 1 aliphatic rings. The van der Waals surface area contributed by atoms with Gasteiger partial charge in [0.25, 0.3) is 0 Å². The molecule has 2 aromatic heterocycles. The number of amides is 1. The van der Waals surface area contributed by atoms with Crippen LogP contribution in [0.15, 0.2) is 23.0 Å². The van der Waals surface area contributed by atoms with Gasteiger partial charge >= 0.3 is 6.09 Å². The van der Waals surface area contributed by atoms with E-state index in [0.717, 1.165) is 40.7 Å². The highest BCUT2D eigenvalue weighted by molar-refractivity contribution is 5.94. The second-order valence-corrected chi connectivity index (χ2v) is 8.14. The zero-order valence-electron chi connectivity index (χ0n) is 16.8. The van der Waals surface area contributed by atoms with Gasteiger partial charge in [-0.15, -0.1) is 0 Å². The van der Waals surface area contributed by atoms with E-state index >= 15 is 0 Å². The average Bonchev–Trinajstić information content (AvgIpc) is 3.25.